The SMILES string of the molecule is [CH2]CC(=O)OCC. The summed E-state index contributed by atoms with van der Waals surface area (Å²) in [5, 5.41) is 0. The maximum absolute atomic E-state index is 10.1. The van der Waals surface area contributed by atoms with E-state index in [1.807, 2.05) is 0 Å². The largest absolute Gasteiger partial charge is 0.466 e. The first-order valence-corrected chi connectivity index (χ1v) is 2.26. The molecule has 0 rings (SSSR count). The van der Waals surface area contributed by atoms with Crippen LogP contribution < -0.4 is 0 Å². The van der Waals surface area contributed by atoms with Gasteiger partial charge in [-0.05, 0) is 13.8 Å². The Balaban J connectivity index is 3.00. The summed E-state index contributed by atoms with van der Waals surface area (Å²) in [6.45, 7) is 5.55. The minimum absolute atomic E-state index is 0.230. The predicted octanol–water partition coefficient (Wildman–Crippen LogP) is 0.774. The van der Waals surface area contributed by atoms with Crippen LogP contribution in [0.3, 0.4) is 0 Å². The van der Waals surface area contributed by atoms with E-state index in [9.17, 15) is 4.79 Å². The quantitative estimate of drug-likeness (QED) is 0.480. The number of rotatable bonds is 2. The lowest BCUT2D eigenvalue weighted by Gasteiger charge is -1.93. The molecule has 0 aliphatic heterocycles. The summed E-state index contributed by atoms with van der Waals surface area (Å²) in [6, 6.07) is 0. The van der Waals surface area contributed by atoms with E-state index in [1.165, 1.54) is 0 Å². The van der Waals surface area contributed by atoms with Crippen LogP contribution in [0.1, 0.15) is 13.3 Å². The lowest BCUT2D eigenvalue weighted by Crippen LogP contribution is -2.00. The van der Waals surface area contributed by atoms with Gasteiger partial charge >= 0.3 is 5.97 Å². The van der Waals surface area contributed by atoms with Gasteiger partial charge in [0.05, 0.1) is 6.61 Å². The molecule has 0 aromatic rings. The summed E-state index contributed by atoms with van der Waals surface area (Å²) in [6.07, 6.45) is 0.230. The van der Waals surface area contributed by atoms with Crippen LogP contribution in [0.5, 0.6) is 0 Å². The van der Waals surface area contributed by atoms with Gasteiger partial charge in [0.15, 0.2) is 0 Å². The minimum atomic E-state index is -0.234. The van der Waals surface area contributed by atoms with Gasteiger partial charge in [0.25, 0.3) is 0 Å². The van der Waals surface area contributed by atoms with Crippen molar-refractivity contribution >= 4 is 5.97 Å². The Hall–Kier alpha value is -0.530. The van der Waals surface area contributed by atoms with Gasteiger partial charge in [-0.15, -0.1) is 0 Å². The average molecular weight is 101 g/mol. The van der Waals surface area contributed by atoms with Crippen molar-refractivity contribution in [1.29, 1.82) is 0 Å². The molecule has 0 spiro atoms. The lowest BCUT2D eigenvalue weighted by atomic mass is 10.5. The van der Waals surface area contributed by atoms with Crippen LogP contribution in [-0.2, 0) is 9.53 Å². The van der Waals surface area contributed by atoms with Crippen molar-refractivity contribution in [2.75, 3.05) is 6.61 Å². The first-order chi connectivity index (χ1) is 3.31. The maximum Gasteiger partial charge on any atom is 0.305 e. The van der Waals surface area contributed by atoms with Crippen LogP contribution in [-0.4, -0.2) is 12.6 Å². The Morgan fingerprint density at radius 3 is 2.57 bits per heavy atom. The van der Waals surface area contributed by atoms with Gasteiger partial charge < -0.3 is 4.74 Å². The van der Waals surface area contributed by atoms with E-state index in [1.54, 1.807) is 6.92 Å². The van der Waals surface area contributed by atoms with Crippen LogP contribution in [0.4, 0.5) is 0 Å². The summed E-state index contributed by atoms with van der Waals surface area (Å²) in [4.78, 5) is 10.1. The molecule has 41 valence electrons. The van der Waals surface area contributed by atoms with E-state index < -0.39 is 0 Å². The highest BCUT2D eigenvalue weighted by molar-refractivity contribution is 5.69. The fraction of sp³-hybridized carbons (Fsp3) is 0.600. The number of hydrogen-bond donors (Lipinski definition) is 0. The molecule has 0 unspecified atom stereocenters. The highest BCUT2D eigenvalue weighted by Gasteiger charge is 1.91. The number of carbonyl (C=O) groups is 1. The van der Waals surface area contributed by atoms with E-state index in [2.05, 4.69) is 11.7 Å². The van der Waals surface area contributed by atoms with E-state index in [4.69, 9.17) is 0 Å². The normalized spacial score (nSPS) is 8.29. The Kier molecular flexibility index (Phi) is 3.38. The van der Waals surface area contributed by atoms with E-state index in [0.29, 0.717) is 6.61 Å². The van der Waals surface area contributed by atoms with Crippen molar-refractivity contribution < 1.29 is 9.53 Å². The van der Waals surface area contributed by atoms with Crippen LogP contribution in [0, 0.1) is 6.92 Å². The standard InChI is InChI=1S/C5H9O2/c1-3-5(6)7-4-2/h1,3-4H2,2H3. The van der Waals surface area contributed by atoms with Crippen molar-refractivity contribution in [2.24, 2.45) is 0 Å². The van der Waals surface area contributed by atoms with Crippen molar-refractivity contribution in [3.8, 4) is 0 Å². The maximum atomic E-state index is 10.1. The molecule has 0 aliphatic rings. The van der Waals surface area contributed by atoms with Gasteiger partial charge in [-0.1, -0.05) is 0 Å². The van der Waals surface area contributed by atoms with Crippen molar-refractivity contribution in [3.05, 3.63) is 6.92 Å². The molecule has 0 amide bonds. The molecule has 0 bridgehead atoms. The molecule has 0 saturated heterocycles. The molecule has 1 radical (unpaired) electrons. The molecule has 7 heavy (non-hydrogen) atoms. The Bertz CT molecular complexity index is 59.1. The summed E-state index contributed by atoms with van der Waals surface area (Å²) in [7, 11) is 0. The second-order valence-electron chi connectivity index (χ2n) is 1.06. The van der Waals surface area contributed by atoms with Gasteiger partial charge in [-0.3, -0.25) is 4.79 Å². The zero-order chi connectivity index (χ0) is 5.70. The third-order valence-corrected chi connectivity index (χ3v) is 0.509. The van der Waals surface area contributed by atoms with Crippen LogP contribution in [0.2, 0.25) is 0 Å². The Morgan fingerprint density at radius 2 is 2.43 bits per heavy atom. The zero-order valence-electron chi connectivity index (χ0n) is 4.44. The third kappa shape index (κ3) is 3.30. The highest BCUT2D eigenvalue weighted by atomic mass is 16.5. The van der Waals surface area contributed by atoms with E-state index >= 15 is 0 Å². The summed E-state index contributed by atoms with van der Waals surface area (Å²) in [5.74, 6) is -0.234. The lowest BCUT2D eigenvalue weighted by molar-refractivity contribution is -0.142. The molecule has 0 atom stereocenters. The molecule has 0 heterocycles. The van der Waals surface area contributed by atoms with Gasteiger partial charge in [0.2, 0.25) is 0 Å². The Labute approximate surface area is 43.5 Å². The van der Waals surface area contributed by atoms with Crippen LogP contribution in [0.15, 0.2) is 0 Å². The van der Waals surface area contributed by atoms with Crippen molar-refractivity contribution in [2.45, 2.75) is 13.3 Å². The van der Waals surface area contributed by atoms with E-state index in [0.717, 1.165) is 0 Å². The molecule has 0 aromatic carbocycles. The first kappa shape index (κ1) is 6.47. The molecule has 0 aliphatic carbocycles. The smallest absolute Gasteiger partial charge is 0.305 e. The number of esters is 1. The fourth-order valence-corrected chi connectivity index (χ4v) is 0.233. The van der Waals surface area contributed by atoms with Gasteiger partial charge in [0.1, 0.15) is 0 Å². The molecular formula is C5H9O2. The summed E-state index contributed by atoms with van der Waals surface area (Å²) >= 11 is 0. The van der Waals surface area contributed by atoms with Crippen molar-refractivity contribution in [1.82, 2.24) is 0 Å². The first-order valence-electron chi connectivity index (χ1n) is 2.26. The Morgan fingerprint density at radius 1 is 1.86 bits per heavy atom. The number of carbonyl (C=O) groups excluding carboxylic acids is 1. The topological polar surface area (TPSA) is 26.3 Å². The monoisotopic (exact) mass is 101 g/mol. The average Bonchev–Trinajstić information content (AvgIpc) is 1.68. The third-order valence-electron chi connectivity index (χ3n) is 0.509. The molecule has 0 aromatic heterocycles. The summed E-state index contributed by atoms with van der Waals surface area (Å²) in [5.41, 5.74) is 0. The molecule has 0 saturated carbocycles. The second kappa shape index (κ2) is 3.65. The highest BCUT2D eigenvalue weighted by Crippen LogP contribution is 1.80. The molecule has 0 fully saturated rings. The number of ether oxygens (including phenoxy) is 1. The van der Waals surface area contributed by atoms with Gasteiger partial charge in [0, 0.05) is 6.42 Å². The van der Waals surface area contributed by atoms with Gasteiger partial charge in [-0.25, -0.2) is 0 Å². The second-order valence-corrected chi connectivity index (χ2v) is 1.06. The molecule has 0 N–H and O–H groups in total. The van der Waals surface area contributed by atoms with Crippen LogP contribution >= 0.6 is 0 Å². The van der Waals surface area contributed by atoms with Crippen molar-refractivity contribution in [3.63, 3.8) is 0 Å². The fourth-order valence-electron chi connectivity index (χ4n) is 0.233. The van der Waals surface area contributed by atoms with Crippen LogP contribution in [0.25, 0.3) is 0 Å². The zero-order valence-corrected chi connectivity index (χ0v) is 4.44. The molecule has 2 nitrogen and oxygen atoms in total. The minimum Gasteiger partial charge on any atom is -0.466 e. The number of hydrogen-bond acceptors (Lipinski definition) is 2. The predicted molar refractivity (Wildman–Crippen MR) is 26.6 cm³/mol. The molecule has 2 heteroatoms. The van der Waals surface area contributed by atoms with E-state index in [-0.39, 0.29) is 12.4 Å². The summed E-state index contributed by atoms with van der Waals surface area (Å²) < 4.78 is 4.49. The van der Waals surface area contributed by atoms with Gasteiger partial charge in [-0.2, -0.15) is 0 Å². The molecular weight excluding hydrogens is 92.1 g/mol.